The number of carbonyl (C=O) groups excluding carboxylic acids is 2. The van der Waals surface area contributed by atoms with E-state index in [9.17, 15) is 22.4 Å². The number of benzene rings is 3. The van der Waals surface area contributed by atoms with Gasteiger partial charge in [-0.3, -0.25) is 13.9 Å². The fourth-order valence-electron chi connectivity index (χ4n) is 4.16. The Labute approximate surface area is 231 Å². The number of nitrogens with one attached hydrogen (secondary N) is 1. The molecule has 0 unspecified atom stereocenters. The summed E-state index contributed by atoms with van der Waals surface area (Å²) >= 11 is 3.46. The summed E-state index contributed by atoms with van der Waals surface area (Å²) in [6.07, 6.45) is 1.62. The fraction of sp³-hybridized carbons (Fsp3) is 0.286. The van der Waals surface area contributed by atoms with Gasteiger partial charge < -0.3 is 10.2 Å². The van der Waals surface area contributed by atoms with Crippen LogP contribution in [0, 0.1) is 5.82 Å². The second-order valence-corrected chi connectivity index (χ2v) is 11.7. The Bertz CT molecular complexity index is 1340. The first-order valence-electron chi connectivity index (χ1n) is 12.1. The van der Waals surface area contributed by atoms with Crippen LogP contribution in [0.15, 0.2) is 83.3 Å². The first-order valence-corrected chi connectivity index (χ1v) is 14.8. The summed E-state index contributed by atoms with van der Waals surface area (Å²) in [5, 5.41) is 2.68. The molecule has 0 saturated heterocycles. The number of amides is 2. The number of carbonyl (C=O) groups is 2. The normalized spacial score (nSPS) is 12.0. The second-order valence-electron chi connectivity index (χ2n) is 8.89. The van der Waals surface area contributed by atoms with Gasteiger partial charge >= 0.3 is 0 Å². The maximum atomic E-state index is 13.6. The van der Waals surface area contributed by atoms with Gasteiger partial charge in [-0.25, -0.2) is 12.8 Å². The van der Waals surface area contributed by atoms with Crippen molar-refractivity contribution in [2.45, 2.75) is 31.8 Å². The van der Waals surface area contributed by atoms with Crippen molar-refractivity contribution in [3.8, 4) is 0 Å². The van der Waals surface area contributed by atoms with Crippen molar-refractivity contribution in [1.29, 1.82) is 0 Å². The molecule has 7 nitrogen and oxygen atoms in total. The lowest BCUT2D eigenvalue weighted by atomic mass is 10.0. The number of hydrogen-bond acceptors (Lipinski definition) is 4. The molecule has 202 valence electrons. The third kappa shape index (κ3) is 8.39. The van der Waals surface area contributed by atoms with Crippen LogP contribution in [0.4, 0.5) is 10.1 Å². The summed E-state index contributed by atoms with van der Waals surface area (Å²) in [6.45, 7) is 0.237. The number of hydrogen-bond donors (Lipinski definition) is 1. The highest BCUT2D eigenvalue weighted by molar-refractivity contribution is 9.10. The maximum absolute atomic E-state index is 13.6. The minimum Gasteiger partial charge on any atom is -0.357 e. The average Bonchev–Trinajstić information content (AvgIpc) is 2.88. The van der Waals surface area contributed by atoms with Crippen LogP contribution in [0.25, 0.3) is 0 Å². The van der Waals surface area contributed by atoms with Crippen molar-refractivity contribution in [2.24, 2.45) is 0 Å². The number of rotatable bonds is 12. The molecule has 38 heavy (non-hydrogen) atoms. The van der Waals surface area contributed by atoms with Crippen molar-refractivity contribution in [2.75, 3.05) is 24.2 Å². The monoisotopic (exact) mass is 603 g/mol. The smallest absolute Gasteiger partial charge is 0.242 e. The molecule has 0 aliphatic rings. The molecule has 0 bridgehead atoms. The van der Waals surface area contributed by atoms with Crippen LogP contribution in [0.5, 0.6) is 0 Å². The van der Waals surface area contributed by atoms with Crippen LogP contribution in [0.2, 0.25) is 0 Å². The van der Waals surface area contributed by atoms with Crippen LogP contribution < -0.4 is 9.62 Å². The lowest BCUT2D eigenvalue weighted by Crippen LogP contribution is -2.49. The fourth-order valence-corrected chi connectivity index (χ4v) is 5.58. The summed E-state index contributed by atoms with van der Waals surface area (Å²) < 4.78 is 40.2. The molecule has 0 saturated carbocycles. The van der Waals surface area contributed by atoms with Gasteiger partial charge in [0.2, 0.25) is 21.8 Å². The molecule has 3 aromatic rings. The molecule has 3 rings (SSSR count). The summed E-state index contributed by atoms with van der Waals surface area (Å²) in [5.41, 5.74) is 2.08. The van der Waals surface area contributed by atoms with Gasteiger partial charge in [-0.05, 0) is 53.9 Å². The summed E-state index contributed by atoms with van der Waals surface area (Å²) in [7, 11) is -2.12. The number of sulfonamides is 1. The first-order chi connectivity index (χ1) is 18.1. The Kier molecular flexibility index (Phi) is 10.4. The van der Waals surface area contributed by atoms with Crippen molar-refractivity contribution in [1.82, 2.24) is 10.2 Å². The Morgan fingerprint density at radius 2 is 1.63 bits per heavy atom. The van der Waals surface area contributed by atoms with Gasteiger partial charge in [-0.1, -0.05) is 58.4 Å². The average molecular weight is 605 g/mol. The molecule has 0 heterocycles. The van der Waals surface area contributed by atoms with Crippen LogP contribution in [-0.4, -0.2) is 51.0 Å². The van der Waals surface area contributed by atoms with Crippen LogP contribution in [0.3, 0.4) is 0 Å². The highest BCUT2D eigenvalue weighted by atomic mass is 79.9. The number of halogens is 2. The van der Waals surface area contributed by atoms with E-state index in [4.69, 9.17) is 0 Å². The van der Waals surface area contributed by atoms with E-state index in [1.165, 1.54) is 31.3 Å². The van der Waals surface area contributed by atoms with Gasteiger partial charge in [0.25, 0.3) is 0 Å². The van der Waals surface area contributed by atoms with Crippen LogP contribution in [-0.2, 0) is 32.6 Å². The van der Waals surface area contributed by atoms with Crippen LogP contribution in [0.1, 0.15) is 24.0 Å². The van der Waals surface area contributed by atoms with E-state index in [0.717, 1.165) is 26.2 Å². The molecular weight excluding hydrogens is 573 g/mol. The van der Waals surface area contributed by atoms with Gasteiger partial charge in [-0.15, -0.1) is 0 Å². The number of nitrogens with zero attached hydrogens (tertiary/aromatic N) is 2. The zero-order chi connectivity index (χ0) is 27.7. The Morgan fingerprint density at radius 3 is 2.24 bits per heavy atom. The molecule has 0 fully saturated rings. The molecule has 1 N–H and O–H groups in total. The summed E-state index contributed by atoms with van der Waals surface area (Å²) in [5.74, 6) is -1.04. The Hall–Kier alpha value is -3.24. The first kappa shape index (κ1) is 29.3. The Balaban J connectivity index is 1.84. The highest BCUT2D eigenvalue weighted by Gasteiger charge is 2.30. The van der Waals surface area contributed by atoms with Crippen molar-refractivity contribution < 1.29 is 22.4 Å². The van der Waals surface area contributed by atoms with Gasteiger partial charge in [-0.2, -0.15) is 0 Å². The zero-order valence-electron chi connectivity index (χ0n) is 21.3. The van der Waals surface area contributed by atoms with E-state index in [1.54, 1.807) is 4.90 Å². The molecule has 10 heteroatoms. The predicted molar refractivity (Wildman–Crippen MR) is 151 cm³/mol. The third-order valence-electron chi connectivity index (χ3n) is 6.03. The van der Waals surface area contributed by atoms with Gasteiger partial charge in [0.1, 0.15) is 11.9 Å². The molecule has 0 aromatic heterocycles. The van der Waals surface area contributed by atoms with Gasteiger partial charge in [0.05, 0.1) is 11.9 Å². The number of anilines is 1. The largest absolute Gasteiger partial charge is 0.357 e. The second kappa shape index (κ2) is 13.5. The maximum Gasteiger partial charge on any atom is 0.242 e. The van der Waals surface area contributed by atoms with Crippen molar-refractivity contribution in [3.63, 3.8) is 0 Å². The molecule has 0 aliphatic heterocycles. The van der Waals surface area contributed by atoms with Gasteiger partial charge in [0.15, 0.2) is 0 Å². The minimum atomic E-state index is -3.66. The summed E-state index contributed by atoms with van der Waals surface area (Å²) in [4.78, 5) is 28.2. The number of likely N-dealkylation sites (N-methyl/N-ethyl adjacent to an activating group) is 1. The van der Waals surface area contributed by atoms with E-state index >= 15 is 0 Å². The summed E-state index contributed by atoms with van der Waals surface area (Å²) in [6, 6.07) is 21.4. The topological polar surface area (TPSA) is 86.8 Å². The quantitative estimate of drug-likeness (QED) is 0.330. The molecule has 1 atom stereocenters. The molecular formula is C28H31BrFN3O4S. The SMILES string of the molecule is CNC(=O)[C@@H](Cc1ccccc1)N(Cc1cccc(Br)c1)C(=O)CCCN(c1ccc(F)cc1)S(C)(=O)=O. The van der Waals surface area contributed by atoms with E-state index < -0.39 is 21.9 Å². The van der Waals surface area contributed by atoms with Gasteiger partial charge in [0, 0.05) is 37.5 Å². The predicted octanol–water partition coefficient (Wildman–Crippen LogP) is 4.52. The van der Waals surface area contributed by atoms with Crippen LogP contribution >= 0.6 is 15.9 Å². The lowest BCUT2D eigenvalue weighted by Gasteiger charge is -2.31. The zero-order valence-corrected chi connectivity index (χ0v) is 23.7. The molecule has 0 spiro atoms. The van der Waals surface area contributed by atoms with E-state index in [1.807, 2.05) is 54.6 Å². The lowest BCUT2D eigenvalue weighted by molar-refractivity contribution is -0.141. The molecule has 3 aromatic carbocycles. The molecule has 2 amide bonds. The molecule has 0 aliphatic carbocycles. The molecule has 0 radical (unpaired) electrons. The third-order valence-corrected chi connectivity index (χ3v) is 7.71. The Morgan fingerprint density at radius 1 is 0.974 bits per heavy atom. The van der Waals surface area contributed by atoms with E-state index in [0.29, 0.717) is 12.1 Å². The van der Waals surface area contributed by atoms with Crippen molar-refractivity contribution in [3.05, 3.63) is 100 Å². The highest BCUT2D eigenvalue weighted by Crippen LogP contribution is 2.21. The van der Waals surface area contributed by atoms with Crippen molar-refractivity contribution >= 4 is 43.5 Å². The standard InChI is InChI=1S/C28H31BrFN3O4S/c1-31-28(35)26(19-21-8-4-3-5-9-21)32(20-22-10-6-11-23(29)18-22)27(34)12-7-17-33(38(2,36)37)25-15-13-24(30)14-16-25/h3-6,8-11,13-16,18,26H,7,12,17,19-20H2,1-2H3,(H,31,35)/t26-/m1/s1. The van der Waals surface area contributed by atoms with E-state index in [2.05, 4.69) is 21.2 Å². The minimum absolute atomic E-state index is 0.0174. The van der Waals surface area contributed by atoms with E-state index in [-0.39, 0.29) is 37.7 Å².